The molecule has 2 saturated heterocycles. The Bertz CT molecular complexity index is 704. The van der Waals surface area contributed by atoms with Crippen molar-refractivity contribution in [3.63, 3.8) is 0 Å². The number of amides is 5. The first kappa shape index (κ1) is 23.3. The van der Waals surface area contributed by atoms with Gasteiger partial charge in [-0.05, 0) is 43.9 Å². The second-order valence-corrected chi connectivity index (χ2v) is 9.46. The zero-order valence-corrected chi connectivity index (χ0v) is 18.8. The van der Waals surface area contributed by atoms with Crippen LogP contribution in [0.15, 0.2) is 0 Å². The number of hydrogen-bond acceptors (Lipinski definition) is 6. The molecule has 3 aliphatic rings. The summed E-state index contributed by atoms with van der Waals surface area (Å²) in [4.78, 5) is 53.5. The quantitative estimate of drug-likeness (QED) is 0.628. The summed E-state index contributed by atoms with van der Waals surface area (Å²) in [6.45, 7) is 8.74. The fourth-order valence-corrected chi connectivity index (χ4v) is 4.32. The smallest absolute Gasteiger partial charge is 0.409 e. The molecule has 2 aliphatic heterocycles. The summed E-state index contributed by atoms with van der Waals surface area (Å²) in [5.74, 6) is 0.0234. The van der Waals surface area contributed by atoms with Gasteiger partial charge in [0, 0.05) is 26.2 Å². The van der Waals surface area contributed by atoms with Gasteiger partial charge in [0.1, 0.15) is 5.54 Å². The molecule has 31 heavy (non-hydrogen) atoms. The van der Waals surface area contributed by atoms with Gasteiger partial charge >= 0.3 is 12.1 Å². The third-order valence-corrected chi connectivity index (χ3v) is 6.28. The van der Waals surface area contributed by atoms with Crippen molar-refractivity contribution in [1.82, 2.24) is 25.6 Å². The molecule has 1 spiro atoms. The molecule has 5 amide bonds. The fraction of sp³-hybridized carbons (Fsp3) is 0.810. The molecule has 174 valence electrons. The van der Waals surface area contributed by atoms with Crippen molar-refractivity contribution in [3.05, 3.63) is 0 Å². The van der Waals surface area contributed by atoms with Crippen LogP contribution in [0.2, 0.25) is 0 Å². The summed E-state index contributed by atoms with van der Waals surface area (Å²) >= 11 is 0. The van der Waals surface area contributed by atoms with Gasteiger partial charge in [-0.1, -0.05) is 20.8 Å². The van der Waals surface area contributed by atoms with Crippen LogP contribution in [0.4, 0.5) is 9.59 Å². The first-order valence-electron chi connectivity index (χ1n) is 11.3. The molecule has 0 unspecified atom stereocenters. The highest BCUT2D eigenvalue weighted by atomic mass is 16.6. The zero-order valence-electron chi connectivity index (χ0n) is 18.8. The first-order valence-corrected chi connectivity index (χ1v) is 11.3. The summed E-state index contributed by atoms with van der Waals surface area (Å²) in [5, 5.41) is 3.64. The van der Waals surface area contributed by atoms with E-state index >= 15 is 0 Å². The maximum Gasteiger partial charge on any atom is 0.409 e. The van der Waals surface area contributed by atoms with E-state index in [9.17, 15) is 19.2 Å². The molecule has 3 fully saturated rings. The third kappa shape index (κ3) is 5.66. The molecule has 3 rings (SSSR count). The molecule has 0 atom stereocenters. The van der Waals surface area contributed by atoms with Crippen LogP contribution in [-0.4, -0.2) is 83.6 Å². The highest BCUT2D eigenvalue weighted by Crippen LogP contribution is 2.35. The summed E-state index contributed by atoms with van der Waals surface area (Å²) in [6, 6.07) is -0.567. The van der Waals surface area contributed by atoms with E-state index in [-0.39, 0.29) is 24.5 Å². The van der Waals surface area contributed by atoms with E-state index < -0.39 is 17.5 Å². The SMILES string of the molecule is CC(C)COC(=O)N1CCCN(CC(=O)NN2C(=O)NC3(CCC(C)CC3)C2=O)CC1. The lowest BCUT2D eigenvalue weighted by atomic mass is 9.77. The van der Waals surface area contributed by atoms with Crippen LogP contribution in [0, 0.1) is 11.8 Å². The number of nitrogens with zero attached hydrogens (tertiary/aromatic N) is 3. The molecule has 0 aromatic rings. The van der Waals surface area contributed by atoms with Crippen molar-refractivity contribution >= 4 is 23.9 Å². The van der Waals surface area contributed by atoms with E-state index in [1.54, 1.807) is 4.90 Å². The Morgan fingerprint density at radius 2 is 1.87 bits per heavy atom. The van der Waals surface area contributed by atoms with Gasteiger partial charge < -0.3 is 15.0 Å². The van der Waals surface area contributed by atoms with Crippen molar-refractivity contribution in [2.75, 3.05) is 39.3 Å². The van der Waals surface area contributed by atoms with Crippen LogP contribution in [0.3, 0.4) is 0 Å². The molecule has 2 N–H and O–H groups in total. The minimum atomic E-state index is -0.879. The van der Waals surface area contributed by atoms with Crippen LogP contribution in [-0.2, 0) is 14.3 Å². The minimum Gasteiger partial charge on any atom is -0.449 e. The van der Waals surface area contributed by atoms with Gasteiger partial charge in [-0.3, -0.25) is 19.9 Å². The van der Waals surface area contributed by atoms with Crippen molar-refractivity contribution in [3.8, 4) is 0 Å². The van der Waals surface area contributed by atoms with Gasteiger partial charge in [-0.25, -0.2) is 9.59 Å². The number of ether oxygens (including phenoxy) is 1. The summed E-state index contributed by atoms with van der Waals surface area (Å²) in [5.41, 5.74) is 1.60. The Balaban J connectivity index is 1.48. The van der Waals surface area contributed by atoms with Gasteiger partial charge in [-0.15, -0.1) is 0 Å². The number of carbonyl (C=O) groups excluding carboxylic acids is 4. The standard InChI is InChI=1S/C21H35N5O5/c1-15(2)14-31-20(30)25-10-4-9-24(11-12-25)13-17(27)23-26-18(28)21(22-19(26)29)7-5-16(3)6-8-21/h15-16H,4-14H2,1-3H3,(H,22,29)(H,23,27). The lowest BCUT2D eigenvalue weighted by Crippen LogP contribution is -2.53. The zero-order chi connectivity index (χ0) is 22.6. The van der Waals surface area contributed by atoms with E-state index in [0.717, 1.165) is 17.9 Å². The van der Waals surface area contributed by atoms with E-state index in [2.05, 4.69) is 17.7 Å². The molecular formula is C21H35N5O5. The lowest BCUT2D eigenvalue weighted by molar-refractivity contribution is -0.140. The summed E-state index contributed by atoms with van der Waals surface area (Å²) in [6.07, 6.45) is 3.33. The van der Waals surface area contributed by atoms with Crippen LogP contribution in [0.5, 0.6) is 0 Å². The predicted octanol–water partition coefficient (Wildman–Crippen LogP) is 1.32. The molecule has 1 saturated carbocycles. The topological polar surface area (TPSA) is 111 Å². The molecular weight excluding hydrogens is 402 g/mol. The molecule has 1 aliphatic carbocycles. The van der Waals surface area contributed by atoms with Crippen molar-refractivity contribution in [2.24, 2.45) is 11.8 Å². The van der Waals surface area contributed by atoms with E-state index in [4.69, 9.17) is 4.74 Å². The molecule has 10 nitrogen and oxygen atoms in total. The average Bonchev–Trinajstić information content (AvgIpc) is 2.88. The number of nitrogens with one attached hydrogen (secondary N) is 2. The maximum atomic E-state index is 12.9. The van der Waals surface area contributed by atoms with Crippen LogP contribution < -0.4 is 10.7 Å². The Morgan fingerprint density at radius 3 is 2.55 bits per heavy atom. The predicted molar refractivity (Wildman–Crippen MR) is 113 cm³/mol. The summed E-state index contributed by atoms with van der Waals surface area (Å²) in [7, 11) is 0. The highest BCUT2D eigenvalue weighted by molar-refractivity contribution is 6.08. The van der Waals surface area contributed by atoms with E-state index in [1.165, 1.54) is 0 Å². The van der Waals surface area contributed by atoms with Crippen molar-refractivity contribution in [1.29, 1.82) is 0 Å². The Hall–Kier alpha value is -2.36. The first-order chi connectivity index (χ1) is 14.7. The minimum absolute atomic E-state index is 0.0516. The van der Waals surface area contributed by atoms with Gasteiger partial charge in [0.2, 0.25) is 0 Å². The highest BCUT2D eigenvalue weighted by Gasteiger charge is 2.52. The molecule has 0 radical (unpaired) electrons. The number of carbonyl (C=O) groups is 4. The molecule has 10 heteroatoms. The Morgan fingerprint density at radius 1 is 1.16 bits per heavy atom. The van der Waals surface area contributed by atoms with E-state index in [1.807, 2.05) is 18.7 Å². The van der Waals surface area contributed by atoms with Gasteiger partial charge in [0.25, 0.3) is 11.8 Å². The van der Waals surface area contributed by atoms with Gasteiger partial charge in [-0.2, -0.15) is 5.01 Å². The van der Waals surface area contributed by atoms with Gasteiger partial charge in [0.05, 0.1) is 13.2 Å². The Labute approximate surface area is 183 Å². The van der Waals surface area contributed by atoms with Crippen molar-refractivity contribution in [2.45, 2.75) is 58.4 Å². The lowest BCUT2D eigenvalue weighted by Gasteiger charge is -2.33. The fourth-order valence-electron chi connectivity index (χ4n) is 4.32. The molecule has 0 bridgehead atoms. The number of hydrazine groups is 1. The second kappa shape index (κ2) is 9.84. The Kier molecular flexibility index (Phi) is 7.40. The summed E-state index contributed by atoms with van der Waals surface area (Å²) < 4.78 is 5.29. The number of urea groups is 1. The molecule has 2 heterocycles. The largest absolute Gasteiger partial charge is 0.449 e. The van der Waals surface area contributed by atoms with Crippen LogP contribution in [0.25, 0.3) is 0 Å². The number of rotatable bonds is 5. The van der Waals surface area contributed by atoms with Gasteiger partial charge in [0.15, 0.2) is 0 Å². The number of imide groups is 1. The monoisotopic (exact) mass is 437 g/mol. The number of hydrogen-bond donors (Lipinski definition) is 2. The maximum absolute atomic E-state index is 12.9. The van der Waals surface area contributed by atoms with Crippen molar-refractivity contribution < 1.29 is 23.9 Å². The average molecular weight is 438 g/mol. The van der Waals surface area contributed by atoms with Crippen LogP contribution in [0.1, 0.15) is 52.9 Å². The van der Waals surface area contributed by atoms with Crippen LogP contribution >= 0.6 is 0 Å². The normalized spacial score (nSPS) is 27.4. The molecule has 0 aromatic carbocycles. The molecule has 0 aromatic heterocycles. The van der Waals surface area contributed by atoms with E-state index in [0.29, 0.717) is 58.0 Å². The third-order valence-electron chi connectivity index (χ3n) is 6.28. The second-order valence-electron chi connectivity index (χ2n) is 9.46.